The lowest BCUT2D eigenvalue weighted by molar-refractivity contribution is -0.247. The third-order valence-corrected chi connectivity index (χ3v) is 2.80. The number of nitrogens with two attached hydrogens (primary N) is 1. The molecule has 5 nitrogen and oxygen atoms in total. The van der Waals surface area contributed by atoms with Crippen molar-refractivity contribution in [2.45, 2.75) is 25.7 Å². The number of primary amides is 1. The van der Waals surface area contributed by atoms with Crippen LogP contribution in [0.4, 0.5) is 5.69 Å². The second-order valence-corrected chi connectivity index (χ2v) is 4.80. The number of hydrogen-bond acceptors (Lipinski definition) is 4. The Morgan fingerprint density at radius 3 is 2.33 bits per heavy atom. The van der Waals surface area contributed by atoms with Gasteiger partial charge in [-0.3, -0.25) is 4.79 Å². The van der Waals surface area contributed by atoms with Crippen molar-refractivity contribution in [2.24, 2.45) is 5.73 Å². The molecule has 2 rings (SSSR count). The van der Waals surface area contributed by atoms with Crippen LogP contribution < -0.4 is 11.1 Å². The molecular weight excluding hydrogens is 232 g/mol. The van der Waals surface area contributed by atoms with Crippen LogP contribution in [-0.4, -0.2) is 30.9 Å². The number of hydrogen-bond donors (Lipinski definition) is 2. The lowest BCUT2D eigenvalue weighted by atomic mass is 10.2. The van der Waals surface area contributed by atoms with E-state index >= 15 is 0 Å². The minimum absolute atomic E-state index is 0.109. The molecule has 1 amide bonds. The predicted octanol–water partition coefficient (Wildman–Crippen LogP) is 1.35. The molecule has 0 aliphatic carbocycles. The quantitative estimate of drug-likeness (QED) is 0.849. The number of ether oxygens (including phenoxy) is 2. The number of carbonyl (C=O) groups excluding carboxylic acids is 1. The third kappa shape index (κ3) is 3.21. The molecule has 0 spiro atoms. The first kappa shape index (κ1) is 12.9. The SMILES string of the molecule is CC1(C)OCC(Nc2ccc(C(N)=O)cc2)CO1. The van der Waals surface area contributed by atoms with Crippen LogP contribution in [0.3, 0.4) is 0 Å². The Bertz CT molecular complexity index is 418. The summed E-state index contributed by atoms with van der Waals surface area (Å²) in [5, 5.41) is 3.28. The van der Waals surface area contributed by atoms with E-state index in [1.54, 1.807) is 12.1 Å². The minimum atomic E-state index is -0.506. The van der Waals surface area contributed by atoms with Crippen LogP contribution in [0.25, 0.3) is 0 Å². The molecule has 0 aromatic heterocycles. The molecule has 1 aromatic rings. The normalized spacial score (nSPS) is 19.4. The van der Waals surface area contributed by atoms with Crippen molar-refractivity contribution in [3.8, 4) is 0 Å². The summed E-state index contributed by atoms with van der Waals surface area (Å²) in [5.74, 6) is -0.929. The summed E-state index contributed by atoms with van der Waals surface area (Å²) in [6.07, 6.45) is 0. The molecular formula is C13H18N2O3. The summed E-state index contributed by atoms with van der Waals surface area (Å²) in [7, 11) is 0. The van der Waals surface area contributed by atoms with Gasteiger partial charge in [0.1, 0.15) is 0 Å². The van der Waals surface area contributed by atoms with Crippen LogP contribution in [0, 0.1) is 0 Å². The summed E-state index contributed by atoms with van der Waals surface area (Å²) < 4.78 is 11.1. The zero-order valence-corrected chi connectivity index (χ0v) is 10.6. The molecule has 1 aliphatic rings. The molecule has 0 atom stereocenters. The highest BCUT2D eigenvalue weighted by Gasteiger charge is 2.28. The van der Waals surface area contributed by atoms with Gasteiger partial charge in [-0.25, -0.2) is 0 Å². The molecule has 0 bridgehead atoms. The van der Waals surface area contributed by atoms with Gasteiger partial charge in [0.25, 0.3) is 0 Å². The highest BCUT2D eigenvalue weighted by Crippen LogP contribution is 2.19. The number of carbonyl (C=O) groups is 1. The average Bonchev–Trinajstić information content (AvgIpc) is 2.33. The van der Waals surface area contributed by atoms with Crippen LogP contribution in [0.15, 0.2) is 24.3 Å². The molecule has 1 fully saturated rings. The lowest BCUT2D eigenvalue weighted by Gasteiger charge is -2.35. The van der Waals surface area contributed by atoms with Crippen molar-refractivity contribution >= 4 is 11.6 Å². The minimum Gasteiger partial charge on any atom is -0.378 e. The predicted molar refractivity (Wildman–Crippen MR) is 68.4 cm³/mol. The molecule has 1 aliphatic heterocycles. The van der Waals surface area contributed by atoms with E-state index in [9.17, 15) is 4.79 Å². The van der Waals surface area contributed by atoms with Crippen molar-refractivity contribution in [1.82, 2.24) is 0 Å². The van der Waals surface area contributed by atoms with Crippen LogP contribution in [-0.2, 0) is 9.47 Å². The zero-order valence-electron chi connectivity index (χ0n) is 10.6. The number of benzene rings is 1. The van der Waals surface area contributed by atoms with E-state index in [4.69, 9.17) is 15.2 Å². The maximum Gasteiger partial charge on any atom is 0.248 e. The van der Waals surface area contributed by atoms with E-state index in [2.05, 4.69) is 5.32 Å². The molecule has 1 saturated heterocycles. The molecule has 98 valence electrons. The number of amides is 1. The smallest absolute Gasteiger partial charge is 0.248 e. The van der Waals surface area contributed by atoms with E-state index in [1.165, 1.54) is 0 Å². The van der Waals surface area contributed by atoms with Crippen LogP contribution >= 0.6 is 0 Å². The van der Waals surface area contributed by atoms with Crippen LogP contribution in [0.5, 0.6) is 0 Å². The Labute approximate surface area is 106 Å². The van der Waals surface area contributed by atoms with Gasteiger partial charge in [-0.1, -0.05) is 0 Å². The van der Waals surface area contributed by atoms with E-state index in [-0.39, 0.29) is 6.04 Å². The summed E-state index contributed by atoms with van der Waals surface area (Å²) in [4.78, 5) is 10.9. The van der Waals surface area contributed by atoms with Crippen molar-refractivity contribution in [3.05, 3.63) is 29.8 Å². The molecule has 0 saturated carbocycles. The fourth-order valence-electron chi connectivity index (χ4n) is 1.74. The summed E-state index contributed by atoms with van der Waals surface area (Å²) >= 11 is 0. The van der Waals surface area contributed by atoms with E-state index in [1.807, 2.05) is 26.0 Å². The van der Waals surface area contributed by atoms with Crippen molar-refractivity contribution in [1.29, 1.82) is 0 Å². The van der Waals surface area contributed by atoms with E-state index in [0.29, 0.717) is 18.8 Å². The molecule has 1 aromatic carbocycles. The summed E-state index contributed by atoms with van der Waals surface area (Å²) in [6, 6.07) is 7.13. The number of rotatable bonds is 3. The Kier molecular flexibility index (Phi) is 3.54. The molecule has 0 radical (unpaired) electrons. The van der Waals surface area contributed by atoms with Crippen molar-refractivity contribution < 1.29 is 14.3 Å². The first-order chi connectivity index (χ1) is 8.46. The Morgan fingerprint density at radius 1 is 1.28 bits per heavy atom. The lowest BCUT2D eigenvalue weighted by Crippen LogP contribution is -2.45. The molecule has 1 heterocycles. The Morgan fingerprint density at radius 2 is 1.83 bits per heavy atom. The average molecular weight is 250 g/mol. The molecule has 3 N–H and O–H groups in total. The van der Waals surface area contributed by atoms with Crippen molar-refractivity contribution in [2.75, 3.05) is 18.5 Å². The van der Waals surface area contributed by atoms with Crippen LogP contribution in [0.1, 0.15) is 24.2 Å². The highest BCUT2D eigenvalue weighted by molar-refractivity contribution is 5.93. The second kappa shape index (κ2) is 4.96. The molecule has 18 heavy (non-hydrogen) atoms. The molecule has 5 heteroatoms. The molecule has 0 unspecified atom stereocenters. The van der Waals surface area contributed by atoms with Gasteiger partial charge in [-0.2, -0.15) is 0 Å². The fourth-order valence-corrected chi connectivity index (χ4v) is 1.74. The highest BCUT2D eigenvalue weighted by atomic mass is 16.7. The van der Waals surface area contributed by atoms with Gasteiger partial charge in [0.05, 0.1) is 19.3 Å². The zero-order chi connectivity index (χ0) is 13.2. The maximum atomic E-state index is 10.9. The largest absolute Gasteiger partial charge is 0.378 e. The first-order valence-electron chi connectivity index (χ1n) is 5.90. The van der Waals surface area contributed by atoms with Gasteiger partial charge in [0.15, 0.2) is 5.79 Å². The van der Waals surface area contributed by atoms with Gasteiger partial charge in [0, 0.05) is 11.3 Å². The van der Waals surface area contributed by atoms with Gasteiger partial charge < -0.3 is 20.5 Å². The summed E-state index contributed by atoms with van der Waals surface area (Å²) in [5.41, 5.74) is 6.59. The van der Waals surface area contributed by atoms with Gasteiger partial charge in [0.2, 0.25) is 5.91 Å². The standard InChI is InChI=1S/C13H18N2O3/c1-13(2)17-7-11(8-18-13)15-10-5-3-9(4-6-10)12(14)16/h3-6,11,15H,7-8H2,1-2H3,(H2,14,16). The maximum absolute atomic E-state index is 10.9. The number of anilines is 1. The van der Waals surface area contributed by atoms with Gasteiger partial charge in [-0.15, -0.1) is 0 Å². The third-order valence-electron chi connectivity index (χ3n) is 2.80. The van der Waals surface area contributed by atoms with E-state index < -0.39 is 11.7 Å². The Balaban J connectivity index is 1.92. The topological polar surface area (TPSA) is 73.6 Å². The fraction of sp³-hybridized carbons (Fsp3) is 0.462. The van der Waals surface area contributed by atoms with Gasteiger partial charge in [-0.05, 0) is 38.1 Å². The Hall–Kier alpha value is -1.59. The van der Waals surface area contributed by atoms with E-state index in [0.717, 1.165) is 5.69 Å². The summed E-state index contributed by atoms with van der Waals surface area (Å²) in [6.45, 7) is 4.96. The monoisotopic (exact) mass is 250 g/mol. The second-order valence-electron chi connectivity index (χ2n) is 4.80. The first-order valence-corrected chi connectivity index (χ1v) is 5.90. The van der Waals surface area contributed by atoms with Gasteiger partial charge >= 0.3 is 0 Å². The number of nitrogens with one attached hydrogen (secondary N) is 1. The van der Waals surface area contributed by atoms with Crippen molar-refractivity contribution in [3.63, 3.8) is 0 Å². The van der Waals surface area contributed by atoms with Crippen LogP contribution in [0.2, 0.25) is 0 Å².